The van der Waals surface area contributed by atoms with Gasteiger partial charge in [-0.05, 0) is 85.3 Å². The van der Waals surface area contributed by atoms with E-state index in [1.165, 1.54) is 12.1 Å². The molecule has 1 aliphatic rings. The van der Waals surface area contributed by atoms with Crippen LogP contribution in [-0.2, 0) is 6.42 Å². The highest BCUT2D eigenvalue weighted by Gasteiger charge is 2.30. The van der Waals surface area contributed by atoms with Crippen LogP contribution in [0, 0.1) is 12.7 Å². The van der Waals surface area contributed by atoms with Crippen molar-refractivity contribution >= 4 is 22.4 Å². The minimum atomic E-state index is -0.634. The standard InChI is InChI=1S/C35H26FN3O3/c1-21-8-7-12-27-33(40)31(35(41)42-34(21)27)30-19-24(18-23-9-5-6-13-29(23)37-30)28-20-39(26-10-3-2-4-11-26)38-32(28)22-14-16-25(36)17-15-22/h2-17,20,24,40H,18-19H2,1H3. The molecular weight excluding hydrogens is 529 g/mol. The number of aromatic hydroxyl groups is 1. The van der Waals surface area contributed by atoms with Crippen molar-refractivity contribution in [1.29, 1.82) is 0 Å². The van der Waals surface area contributed by atoms with E-state index in [4.69, 9.17) is 14.5 Å². The summed E-state index contributed by atoms with van der Waals surface area (Å²) in [6.45, 7) is 1.83. The third-order valence-corrected chi connectivity index (χ3v) is 7.87. The Morgan fingerprint density at radius 1 is 0.905 bits per heavy atom. The van der Waals surface area contributed by atoms with Gasteiger partial charge in [0.1, 0.15) is 22.7 Å². The van der Waals surface area contributed by atoms with Crippen molar-refractivity contribution in [2.75, 3.05) is 0 Å². The van der Waals surface area contributed by atoms with Crippen molar-refractivity contribution < 1.29 is 13.9 Å². The number of hydrogen-bond donors (Lipinski definition) is 1. The highest BCUT2D eigenvalue weighted by atomic mass is 19.1. The summed E-state index contributed by atoms with van der Waals surface area (Å²) in [5.41, 5.74) is 6.04. The fraction of sp³-hybridized carbons (Fsp3) is 0.114. The Labute approximate surface area is 241 Å². The first-order chi connectivity index (χ1) is 20.5. The first kappa shape index (κ1) is 25.7. The number of aromatic nitrogens is 2. The summed E-state index contributed by atoms with van der Waals surface area (Å²) in [5.74, 6) is -0.633. The Morgan fingerprint density at radius 3 is 2.48 bits per heavy atom. The van der Waals surface area contributed by atoms with Crippen LogP contribution in [0.4, 0.5) is 10.1 Å². The zero-order valence-corrected chi connectivity index (χ0v) is 22.8. The van der Waals surface area contributed by atoms with Gasteiger partial charge < -0.3 is 9.52 Å². The van der Waals surface area contributed by atoms with E-state index in [0.29, 0.717) is 35.2 Å². The second-order valence-electron chi connectivity index (χ2n) is 10.6. The van der Waals surface area contributed by atoms with E-state index in [9.17, 15) is 14.3 Å². The lowest BCUT2D eigenvalue weighted by Crippen LogP contribution is -2.18. The quantitative estimate of drug-likeness (QED) is 0.227. The van der Waals surface area contributed by atoms with Gasteiger partial charge >= 0.3 is 5.63 Å². The maximum Gasteiger partial charge on any atom is 0.349 e. The van der Waals surface area contributed by atoms with Gasteiger partial charge in [0.05, 0.1) is 28.2 Å². The van der Waals surface area contributed by atoms with Gasteiger partial charge in [-0.25, -0.2) is 13.9 Å². The Bertz CT molecular complexity index is 2040. The van der Waals surface area contributed by atoms with Gasteiger partial charge in [0.15, 0.2) is 0 Å². The van der Waals surface area contributed by atoms with Crippen molar-refractivity contribution in [2.24, 2.45) is 4.99 Å². The normalized spacial score (nSPS) is 14.8. The molecule has 0 spiro atoms. The lowest BCUT2D eigenvalue weighted by molar-refractivity contribution is 0.465. The van der Waals surface area contributed by atoms with Gasteiger partial charge in [0.2, 0.25) is 0 Å². The van der Waals surface area contributed by atoms with Crippen LogP contribution in [0.15, 0.2) is 117 Å². The second-order valence-corrected chi connectivity index (χ2v) is 10.6. The van der Waals surface area contributed by atoms with Crippen molar-refractivity contribution in [3.63, 3.8) is 0 Å². The molecule has 7 rings (SSSR count). The van der Waals surface area contributed by atoms with E-state index in [0.717, 1.165) is 33.6 Å². The van der Waals surface area contributed by atoms with Crippen LogP contribution < -0.4 is 5.63 Å². The number of fused-ring (bicyclic) bond motifs is 2. The van der Waals surface area contributed by atoms with Crippen LogP contribution in [0.1, 0.15) is 34.6 Å². The third kappa shape index (κ3) is 4.49. The molecule has 6 nitrogen and oxygen atoms in total. The van der Waals surface area contributed by atoms with Crippen molar-refractivity contribution in [2.45, 2.75) is 25.7 Å². The number of hydrogen-bond acceptors (Lipinski definition) is 5. The third-order valence-electron chi connectivity index (χ3n) is 7.87. The number of aryl methyl sites for hydroxylation is 1. The summed E-state index contributed by atoms with van der Waals surface area (Å²) >= 11 is 0. The van der Waals surface area contributed by atoms with E-state index in [-0.39, 0.29) is 23.0 Å². The molecule has 42 heavy (non-hydrogen) atoms. The lowest BCUT2D eigenvalue weighted by Gasteiger charge is -2.17. The molecule has 0 saturated heterocycles. The monoisotopic (exact) mass is 555 g/mol. The topological polar surface area (TPSA) is 80.6 Å². The molecule has 2 aromatic heterocycles. The summed E-state index contributed by atoms with van der Waals surface area (Å²) < 4.78 is 21.5. The molecule has 4 aromatic carbocycles. The molecule has 0 amide bonds. The van der Waals surface area contributed by atoms with Gasteiger partial charge in [-0.15, -0.1) is 0 Å². The zero-order valence-electron chi connectivity index (χ0n) is 22.8. The summed E-state index contributed by atoms with van der Waals surface area (Å²) in [5, 5.41) is 16.8. The van der Waals surface area contributed by atoms with Crippen LogP contribution in [-0.4, -0.2) is 20.6 Å². The Hall–Kier alpha value is -5.30. The highest BCUT2D eigenvalue weighted by Crippen LogP contribution is 2.40. The average Bonchev–Trinajstić information content (AvgIpc) is 3.35. The highest BCUT2D eigenvalue weighted by molar-refractivity contribution is 6.08. The molecule has 6 aromatic rings. The van der Waals surface area contributed by atoms with Gasteiger partial charge in [-0.1, -0.05) is 48.5 Å². The minimum absolute atomic E-state index is 0.0635. The van der Waals surface area contributed by atoms with E-state index < -0.39 is 5.63 Å². The number of para-hydroxylation sites is 3. The maximum atomic E-state index is 13.9. The van der Waals surface area contributed by atoms with Crippen LogP contribution in [0.5, 0.6) is 5.75 Å². The fourth-order valence-electron chi connectivity index (χ4n) is 5.77. The Morgan fingerprint density at radius 2 is 1.67 bits per heavy atom. The molecule has 0 aliphatic carbocycles. The number of halogens is 1. The molecule has 1 N–H and O–H groups in total. The van der Waals surface area contributed by atoms with E-state index in [1.807, 2.05) is 84.5 Å². The van der Waals surface area contributed by atoms with Gasteiger partial charge in [-0.3, -0.25) is 4.99 Å². The molecule has 0 saturated carbocycles. The van der Waals surface area contributed by atoms with Gasteiger partial charge in [0, 0.05) is 17.3 Å². The Kier molecular flexibility index (Phi) is 6.27. The van der Waals surface area contributed by atoms with Crippen LogP contribution in [0.25, 0.3) is 27.9 Å². The van der Waals surface area contributed by atoms with E-state index >= 15 is 0 Å². The minimum Gasteiger partial charge on any atom is -0.506 e. The smallest absolute Gasteiger partial charge is 0.349 e. The average molecular weight is 556 g/mol. The van der Waals surface area contributed by atoms with E-state index in [2.05, 4.69) is 0 Å². The molecule has 1 unspecified atom stereocenters. The molecular formula is C35H26FN3O3. The first-order valence-corrected chi connectivity index (χ1v) is 13.8. The molecule has 1 atom stereocenters. The number of aliphatic imine (C=N–C) groups is 1. The second kappa shape index (κ2) is 10.3. The molecule has 3 heterocycles. The molecule has 206 valence electrons. The Balaban J connectivity index is 1.42. The summed E-state index contributed by atoms with van der Waals surface area (Å²) in [6.07, 6.45) is 2.96. The number of benzene rings is 4. The predicted octanol–water partition coefficient (Wildman–Crippen LogP) is 7.65. The van der Waals surface area contributed by atoms with Crippen LogP contribution >= 0.6 is 0 Å². The van der Waals surface area contributed by atoms with Gasteiger partial charge in [0.25, 0.3) is 0 Å². The predicted molar refractivity (Wildman–Crippen MR) is 162 cm³/mol. The summed E-state index contributed by atoms with van der Waals surface area (Å²) in [4.78, 5) is 18.4. The SMILES string of the molecule is Cc1cccc2c(O)c(C3=Nc4ccccc4CC(c4cn(-c5ccccc5)nc4-c4ccc(F)cc4)C3)c(=O)oc12. The molecule has 7 heteroatoms. The fourth-order valence-corrected chi connectivity index (χ4v) is 5.77. The summed E-state index contributed by atoms with van der Waals surface area (Å²) in [7, 11) is 0. The number of rotatable bonds is 4. The van der Waals surface area contributed by atoms with Crippen LogP contribution in [0.3, 0.4) is 0 Å². The van der Waals surface area contributed by atoms with Crippen LogP contribution in [0.2, 0.25) is 0 Å². The number of nitrogens with zero attached hydrogens (tertiary/aromatic N) is 3. The van der Waals surface area contributed by atoms with Crippen molar-refractivity contribution in [1.82, 2.24) is 9.78 Å². The lowest BCUT2D eigenvalue weighted by atomic mass is 9.86. The van der Waals surface area contributed by atoms with Crippen molar-refractivity contribution in [3.8, 4) is 22.7 Å². The van der Waals surface area contributed by atoms with Crippen molar-refractivity contribution in [3.05, 3.63) is 142 Å². The summed E-state index contributed by atoms with van der Waals surface area (Å²) in [6, 6.07) is 29.3. The maximum absolute atomic E-state index is 13.9. The van der Waals surface area contributed by atoms with E-state index in [1.54, 1.807) is 18.2 Å². The largest absolute Gasteiger partial charge is 0.506 e. The molecule has 1 aliphatic heterocycles. The molecule has 0 bridgehead atoms. The van der Waals surface area contributed by atoms with Gasteiger partial charge in [-0.2, -0.15) is 5.10 Å². The molecule has 0 fully saturated rings. The molecule has 0 radical (unpaired) electrons. The first-order valence-electron chi connectivity index (χ1n) is 13.8. The zero-order chi connectivity index (χ0) is 28.8.